The Morgan fingerprint density at radius 3 is 2.35 bits per heavy atom. The Balaban J connectivity index is 1.80. The summed E-state index contributed by atoms with van der Waals surface area (Å²) >= 11 is 0. The third-order valence-corrected chi connectivity index (χ3v) is 5.86. The summed E-state index contributed by atoms with van der Waals surface area (Å²) in [6.07, 6.45) is 1.52. The summed E-state index contributed by atoms with van der Waals surface area (Å²) in [5.74, 6) is -0.257. The molecule has 0 aliphatic rings. The fourth-order valence-electron chi connectivity index (χ4n) is 2.57. The van der Waals surface area contributed by atoms with Crippen molar-refractivity contribution in [1.29, 1.82) is 0 Å². The molecule has 134 valence electrons. The first-order valence-electron chi connectivity index (χ1n) is 8.16. The third kappa shape index (κ3) is 3.52. The van der Waals surface area contributed by atoms with E-state index in [2.05, 4.69) is 10.4 Å². The summed E-state index contributed by atoms with van der Waals surface area (Å²) in [5.41, 5.74) is 2.58. The molecule has 0 spiro atoms. The number of carbonyl (C=O) groups is 1. The first kappa shape index (κ1) is 17.9. The van der Waals surface area contributed by atoms with Gasteiger partial charge in [0.25, 0.3) is 5.91 Å². The Morgan fingerprint density at radius 1 is 1.08 bits per heavy atom. The van der Waals surface area contributed by atoms with E-state index in [1.54, 1.807) is 23.7 Å². The largest absolute Gasteiger partial charge is 0.322 e. The van der Waals surface area contributed by atoms with Gasteiger partial charge in [-0.2, -0.15) is 5.10 Å². The summed E-state index contributed by atoms with van der Waals surface area (Å²) in [6, 6.07) is 15.7. The van der Waals surface area contributed by atoms with E-state index in [0.717, 1.165) is 11.4 Å². The van der Waals surface area contributed by atoms with E-state index in [1.165, 1.54) is 18.3 Å². The minimum atomic E-state index is -3.26. The number of aromatic nitrogens is 2. The van der Waals surface area contributed by atoms with Crippen molar-refractivity contribution in [3.8, 4) is 5.69 Å². The lowest BCUT2D eigenvalue weighted by Gasteiger charge is -2.07. The van der Waals surface area contributed by atoms with Crippen LogP contribution in [0.1, 0.15) is 23.0 Å². The molecule has 0 aliphatic carbocycles. The van der Waals surface area contributed by atoms with Crippen molar-refractivity contribution in [3.63, 3.8) is 0 Å². The molecule has 0 saturated carbocycles. The van der Waals surface area contributed by atoms with E-state index in [0.29, 0.717) is 11.3 Å². The molecule has 1 heterocycles. The van der Waals surface area contributed by atoms with E-state index >= 15 is 0 Å². The second-order valence-corrected chi connectivity index (χ2v) is 8.05. The summed E-state index contributed by atoms with van der Waals surface area (Å²) in [7, 11) is -3.26. The summed E-state index contributed by atoms with van der Waals surface area (Å²) in [4.78, 5) is 12.8. The van der Waals surface area contributed by atoms with Crippen LogP contribution < -0.4 is 5.32 Å². The zero-order chi connectivity index (χ0) is 18.7. The zero-order valence-corrected chi connectivity index (χ0v) is 15.3. The Kier molecular flexibility index (Phi) is 4.90. The number of sulfone groups is 1. The molecule has 0 aliphatic heterocycles. The van der Waals surface area contributed by atoms with Crippen LogP contribution in [0.2, 0.25) is 0 Å². The van der Waals surface area contributed by atoms with Gasteiger partial charge in [-0.05, 0) is 43.3 Å². The fourth-order valence-corrected chi connectivity index (χ4v) is 3.46. The third-order valence-electron chi connectivity index (χ3n) is 4.11. The Morgan fingerprint density at radius 2 is 1.73 bits per heavy atom. The maximum Gasteiger partial charge on any atom is 0.259 e. The second-order valence-electron chi connectivity index (χ2n) is 5.77. The van der Waals surface area contributed by atoms with Gasteiger partial charge in [-0.15, -0.1) is 0 Å². The van der Waals surface area contributed by atoms with E-state index in [-0.39, 0.29) is 16.6 Å². The van der Waals surface area contributed by atoms with Crippen LogP contribution in [0.3, 0.4) is 0 Å². The molecule has 0 unspecified atom stereocenters. The van der Waals surface area contributed by atoms with Crippen molar-refractivity contribution >= 4 is 21.4 Å². The number of rotatable bonds is 5. The minimum absolute atomic E-state index is 0.0383. The lowest BCUT2D eigenvalue weighted by Crippen LogP contribution is -2.13. The molecule has 2 aromatic carbocycles. The fraction of sp³-hybridized carbons (Fsp3) is 0.158. The molecule has 3 aromatic rings. The van der Waals surface area contributed by atoms with Crippen LogP contribution in [0.25, 0.3) is 5.69 Å². The highest BCUT2D eigenvalue weighted by Gasteiger charge is 2.16. The maximum absolute atomic E-state index is 12.5. The van der Waals surface area contributed by atoms with Crippen molar-refractivity contribution in [3.05, 3.63) is 72.1 Å². The summed E-state index contributed by atoms with van der Waals surface area (Å²) in [6.45, 7) is 3.42. The van der Waals surface area contributed by atoms with Crippen LogP contribution in [-0.2, 0) is 9.84 Å². The van der Waals surface area contributed by atoms with Gasteiger partial charge in [-0.3, -0.25) is 4.79 Å². The molecule has 3 rings (SSSR count). The van der Waals surface area contributed by atoms with Gasteiger partial charge in [0.1, 0.15) is 0 Å². The van der Waals surface area contributed by atoms with E-state index < -0.39 is 9.84 Å². The van der Waals surface area contributed by atoms with E-state index in [1.807, 2.05) is 37.3 Å². The molecule has 7 heteroatoms. The highest BCUT2D eigenvalue weighted by atomic mass is 32.2. The SMILES string of the molecule is CCS(=O)(=O)c1ccc(NC(=O)c2cnn(-c3ccccc3)c2C)cc1. The zero-order valence-electron chi connectivity index (χ0n) is 14.5. The molecule has 0 atom stereocenters. The Bertz CT molecular complexity index is 1020. The van der Waals surface area contributed by atoms with Gasteiger partial charge in [0, 0.05) is 5.69 Å². The number of anilines is 1. The van der Waals surface area contributed by atoms with Gasteiger partial charge in [-0.1, -0.05) is 25.1 Å². The number of carbonyl (C=O) groups excluding carboxylic acids is 1. The average Bonchev–Trinajstić information content (AvgIpc) is 3.04. The molecule has 1 amide bonds. The quantitative estimate of drug-likeness (QED) is 0.749. The van der Waals surface area contributed by atoms with Crippen molar-refractivity contribution < 1.29 is 13.2 Å². The monoisotopic (exact) mass is 369 g/mol. The molecule has 0 fully saturated rings. The average molecular weight is 369 g/mol. The Labute approximate surface area is 152 Å². The van der Waals surface area contributed by atoms with Crippen LogP contribution in [0.4, 0.5) is 5.69 Å². The first-order valence-corrected chi connectivity index (χ1v) is 9.82. The van der Waals surface area contributed by atoms with Gasteiger partial charge in [0.2, 0.25) is 0 Å². The number of nitrogens with zero attached hydrogens (tertiary/aromatic N) is 2. The molecule has 1 N–H and O–H groups in total. The number of benzene rings is 2. The number of amides is 1. The van der Waals surface area contributed by atoms with Crippen LogP contribution in [0.15, 0.2) is 65.7 Å². The number of hydrogen-bond acceptors (Lipinski definition) is 4. The number of para-hydroxylation sites is 1. The molecule has 0 bridgehead atoms. The van der Waals surface area contributed by atoms with Gasteiger partial charge >= 0.3 is 0 Å². The van der Waals surface area contributed by atoms with E-state index in [9.17, 15) is 13.2 Å². The maximum atomic E-state index is 12.5. The predicted molar refractivity (Wildman–Crippen MR) is 100 cm³/mol. The molecular weight excluding hydrogens is 350 g/mol. The van der Waals surface area contributed by atoms with E-state index in [4.69, 9.17) is 0 Å². The highest BCUT2D eigenvalue weighted by molar-refractivity contribution is 7.91. The number of nitrogens with one attached hydrogen (secondary N) is 1. The van der Waals surface area contributed by atoms with Gasteiger partial charge < -0.3 is 5.32 Å². The summed E-state index contributed by atoms with van der Waals surface area (Å²) < 4.78 is 25.4. The number of hydrogen-bond donors (Lipinski definition) is 1. The standard InChI is InChI=1S/C19H19N3O3S/c1-3-26(24,25)17-11-9-15(10-12-17)21-19(23)18-13-20-22(14(18)2)16-7-5-4-6-8-16/h4-13H,3H2,1-2H3,(H,21,23). The van der Waals surface area contributed by atoms with Gasteiger partial charge in [0.05, 0.1) is 33.8 Å². The van der Waals surface area contributed by atoms with Crippen LogP contribution in [0, 0.1) is 6.92 Å². The van der Waals surface area contributed by atoms with Crippen LogP contribution in [0.5, 0.6) is 0 Å². The first-order chi connectivity index (χ1) is 12.4. The van der Waals surface area contributed by atoms with Gasteiger partial charge in [0.15, 0.2) is 9.84 Å². The molecule has 0 radical (unpaired) electrons. The van der Waals surface area contributed by atoms with Crippen molar-refractivity contribution in [2.24, 2.45) is 0 Å². The molecule has 0 saturated heterocycles. The van der Waals surface area contributed by atoms with Crippen LogP contribution in [-0.4, -0.2) is 29.9 Å². The lowest BCUT2D eigenvalue weighted by molar-refractivity contribution is 0.102. The highest BCUT2D eigenvalue weighted by Crippen LogP contribution is 2.18. The lowest BCUT2D eigenvalue weighted by atomic mass is 10.2. The smallest absolute Gasteiger partial charge is 0.259 e. The normalized spacial score (nSPS) is 11.3. The minimum Gasteiger partial charge on any atom is -0.322 e. The molecule has 26 heavy (non-hydrogen) atoms. The molecule has 1 aromatic heterocycles. The summed E-state index contributed by atoms with van der Waals surface area (Å²) in [5, 5.41) is 7.06. The molecule has 6 nitrogen and oxygen atoms in total. The van der Waals surface area contributed by atoms with Crippen LogP contribution >= 0.6 is 0 Å². The second kappa shape index (κ2) is 7.13. The Hall–Kier alpha value is -2.93. The topological polar surface area (TPSA) is 81.1 Å². The molecular formula is C19H19N3O3S. The van der Waals surface area contributed by atoms with Crippen molar-refractivity contribution in [1.82, 2.24) is 9.78 Å². The van der Waals surface area contributed by atoms with Crippen molar-refractivity contribution in [2.75, 3.05) is 11.1 Å². The van der Waals surface area contributed by atoms with Gasteiger partial charge in [-0.25, -0.2) is 13.1 Å². The van der Waals surface area contributed by atoms with Crippen molar-refractivity contribution in [2.45, 2.75) is 18.7 Å². The predicted octanol–water partition coefficient (Wildman–Crippen LogP) is 3.23.